The van der Waals surface area contributed by atoms with E-state index in [1.54, 1.807) is 6.07 Å². The van der Waals surface area contributed by atoms with Crippen molar-refractivity contribution >= 4 is 34.9 Å². The molecule has 0 saturated carbocycles. The summed E-state index contributed by atoms with van der Waals surface area (Å²) in [7, 11) is 0. The average molecular weight is 242 g/mol. The van der Waals surface area contributed by atoms with Gasteiger partial charge in [-0.1, -0.05) is 12.2 Å². The van der Waals surface area contributed by atoms with Crippen LogP contribution < -0.4 is 0 Å². The minimum Gasteiger partial charge on any atom is -0.504 e. The van der Waals surface area contributed by atoms with Crippen LogP contribution in [-0.4, -0.2) is 10.2 Å². The highest BCUT2D eigenvalue weighted by atomic mass is 32.2. The van der Waals surface area contributed by atoms with E-state index in [0.717, 1.165) is 13.6 Å². The predicted octanol–water partition coefficient (Wildman–Crippen LogP) is 3.62. The molecule has 0 amide bonds. The van der Waals surface area contributed by atoms with Crippen LogP contribution in [0.5, 0.6) is 11.5 Å². The summed E-state index contributed by atoms with van der Waals surface area (Å²) in [5.41, 5.74) is 0.873. The van der Waals surface area contributed by atoms with Crippen molar-refractivity contribution in [3.8, 4) is 21.9 Å². The second-order valence-corrected chi connectivity index (χ2v) is 5.77. The van der Waals surface area contributed by atoms with Crippen LogP contribution >= 0.6 is 34.9 Å². The maximum absolute atomic E-state index is 9.30. The molecular weight excluding hydrogens is 236 g/mol. The molecule has 0 radical (unpaired) electrons. The molecule has 0 bridgehead atoms. The Hall–Kier alpha value is -0.910. The van der Waals surface area contributed by atoms with Crippen LogP contribution in [0.2, 0.25) is 0 Å². The Morgan fingerprint density at radius 3 is 2.50 bits per heavy atom. The SMILES string of the molecule is Oc1ccc(-c2csc(=S)s2)cc1O. The van der Waals surface area contributed by atoms with Gasteiger partial charge in [0.15, 0.2) is 11.5 Å². The normalized spacial score (nSPS) is 10.3. The number of hydrogen-bond donors (Lipinski definition) is 2. The summed E-state index contributed by atoms with van der Waals surface area (Å²) in [6.07, 6.45) is 0. The summed E-state index contributed by atoms with van der Waals surface area (Å²) in [4.78, 5) is 1.01. The standard InChI is InChI=1S/C9H6O2S3/c10-6-2-1-5(3-7(6)11)8-4-13-9(12)14-8/h1-4,10-11H. The molecule has 0 aliphatic heterocycles. The first-order valence-electron chi connectivity index (χ1n) is 3.78. The molecule has 0 aliphatic carbocycles. The van der Waals surface area contributed by atoms with Crippen LogP contribution in [0.4, 0.5) is 0 Å². The number of phenols is 2. The predicted molar refractivity (Wildman–Crippen MR) is 61.8 cm³/mol. The topological polar surface area (TPSA) is 40.5 Å². The Labute approximate surface area is 93.7 Å². The fraction of sp³-hybridized carbons (Fsp3) is 0. The summed E-state index contributed by atoms with van der Waals surface area (Å²) >= 11 is 8.01. The highest BCUT2D eigenvalue weighted by Crippen LogP contribution is 2.34. The van der Waals surface area contributed by atoms with E-state index in [2.05, 4.69) is 0 Å². The van der Waals surface area contributed by atoms with E-state index in [0.29, 0.717) is 0 Å². The lowest BCUT2D eigenvalue weighted by Gasteiger charge is -1.99. The lowest BCUT2D eigenvalue weighted by Crippen LogP contribution is -1.72. The Morgan fingerprint density at radius 1 is 1.14 bits per heavy atom. The Kier molecular flexibility index (Phi) is 2.54. The zero-order valence-electron chi connectivity index (χ0n) is 6.93. The number of phenolic OH excluding ortho intramolecular Hbond substituents is 2. The van der Waals surface area contributed by atoms with Crippen molar-refractivity contribution in [3.63, 3.8) is 0 Å². The van der Waals surface area contributed by atoms with Gasteiger partial charge in [0.2, 0.25) is 0 Å². The Bertz CT molecular complexity index is 513. The monoisotopic (exact) mass is 242 g/mol. The Morgan fingerprint density at radius 2 is 1.93 bits per heavy atom. The fourth-order valence-electron chi connectivity index (χ4n) is 1.04. The molecule has 2 N–H and O–H groups in total. The number of hydrogen-bond acceptors (Lipinski definition) is 5. The second-order valence-electron chi connectivity index (χ2n) is 2.66. The van der Waals surface area contributed by atoms with Crippen molar-refractivity contribution in [2.24, 2.45) is 0 Å². The van der Waals surface area contributed by atoms with E-state index in [-0.39, 0.29) is 11.5 Å². The van der Waals surface area contributed by atoms with Crippen molar-refractivity contribution in [1.82, 2.24) is 0 Å². The van der Waals surface area contributed by atoms with Crippen molar-refractivity contribution in [2.75, 3.05) is 0 Å². The zero-order valence-corrected chi connectivity index (χ0v) is 9.38. The molecule has 0 aliphatic rings. The smallest absolute Gasteiger partial charge is 0.158 e. The van der Waals surface area contributed by atoms with Gasteiger partial charge in [-0.05, 0) is 23.8 Å². The molecule has 0 atom stereocenters. The van der Waals surface area contributed by atoms with Crippen molar-refractivity contribution in [1.29, 1.82) is 0 Å². The van der Waals surface area contributed by atoms with E-state index in [1.807, 2.05) is 5.38 Å². The summed E-state index contributed by atoms with van der Waals surface area (Å²) in [5.74, 6) is -0.209. The number of aromatic hydroxyl groups is 2. The highest BCUT2D eigenvalue weighted by molar-refractivity contribution is 7.76. The molecule has 0 spiro atoms. The van der Waals surface area contributed by atoms with Crippen LogP contribution in [-0.2, 0) is 0 Å². The number of benzene rings is 1. The lowest BCUT2D eigenvalue weighted by molar-refractivity contribution is 0.404. The molecule has 72 valence electrons. The summed E-state index contributed by atoms with van der Waals surface area (Å²) in [6, 6.07) is 4.75. The Balaban J connectivity index is 2.52. The van der Waals surface area contributed by atoms with Crippen molar-refractivity contribution in [2.45, 2.75) is 0 Å². The van der Waals surface area contributed by atoms with Crippen LogP contribution in [0.3, 0.4) is 0 Å². The minimum atomic E-state index is -0.105. The van der Waals surface area contributed by atoms with E-state index in [9.17, 15) is 5.11 Å². The molecule has 0 fully saturated rings. The maximum Gasteiger partial charge on any atom is 0.158 e. The van der Waals surface area contributed by atoms with E-state index in [1.165, 1.54) is 34.8 Å². The van der Waals surface area contributed by atoms with Crippen LogP contribution in [0.15, 0.2) is 23.6 Å². The van der Waals surface area contributed by atoms with E-state index < -0.39 is 0 Å². The summed E-state index contributed by atoms with van der Waals surface area (Å²) < 4.78 is 0.854. The molecule has 14 heavy (non-hydrogen) atoms. The molecule has 0 unspecified atom stereocenters. The van der Waals surface area contributed by atoms with Gasteiger partial charge in [-0.25, -0.2) is 0 Å². The molecule has 2 nitrogen and oxygen atoms in total. The van der Waals surface area contributed by atoms with Gasteiger partial charge < -0.3 is 10.2 Å². The molecule has 5 heteroatoms. The summed E-state index contributed by atoms with van der Waals surface area (Å²) in [5, 5.41) is 20.4. The molecule has 1 heterocycles. The molecular formula is C9H6O2S3. The van der Waals surface area contributed by atoms with Gasteiger partial charge in [0.05, 0.1) is 0 Å². The maximum atomic E-state index is 9.30. The van der Waals surface area contributed by atoms with Gasteiger partial charge in [0, 0.05) is 10.3 Å². The third-order valence-electron chi connectivity index (χ3n) is 1.72. The zero-order chi connectivity index (χ0) is 10.1. The molecule has 1 aromatic carbocycles. The van der Waals surface area contributed by atoms with Gasteiger partial charge >= 0.3 is 0 Å². The van der Waals surface area contributed by atoms with Gasteiger partial charge in [-0.2, -0.15) is 0 Å². The first-order valence-corrected chi connectivity index (χ1v) is 5.88. The van der Waals surface area contributed by atoms with Crippen molar-refractivity contribution in [3.05, 3.63) is 26.7 Å². The number of rotatable bonds is 1. The van der Waals surface area contributed by atoms with E-state index in [4.69, 9.17) is 17.3 Å². The van der Waals surface area contributed by atoms with Crippen LogP contribution in [0, 0.1) is 3.14 Å². The summed E-state index contributed by atoms with van der Waals surface area (Å²) in [6.45, 7) is 0. The third kappa shape index (κ3) is 1.79. The molecule has 2 rings (SSSR count). The molecule has 0 saturated heterocycles. The molecule has 1 aromatic heterocycles. The van der Waals surface area contributed by atoms with Gasteiger partial charge in [0.25, 0.3) is 0 Å². The lowest BCUT2D eigenvalue weighted by atomic mass is 10.2. The van der Waals surface area contributed by atoms with Gasteiger partial charge in [-0.15, -0.1) is 22.7 Å². The second kappa shape index (κ2) is 3.68. The van der Waals surface area contributed by atoms with Crippen LogP contribution in [0.25, 0.3) is 10.4 Å². The quantitative estimate of drug-likeness (QED) is 0.592. The minimum absolute atomic E-state index is 0.104. The first-order chi connectivity index (χ1) is 6.66. The molecule has 2 aromatic rings. The largest absolute Gasteiger partial charge is 0.504 e. The highest BCUT2D eigenvalue weighted by Gasteiger charge is 2.04. The van der Waals surface area contributed by atoms with E-state index >= 15 is 0 Å². The van der Waals surface area contributed by atoms with Gasteiger partial charge in [0.1, 0.15) is 3.14 Å². The average Bonchev–Trinajstić information content (AvgIpc) is 2.57. The van der Waals surface area contributed by atoms with Crippen molar-refractivity contribution < 1.29 is 10.2 Å². The van der Waals surface area contributed by atoms with Crippen LogP contribution in [0.1, 0.15) is 0 Å². The third-order valence-corrected chi connectivity index (χ3v) is 4.23. The van der Waals surface area contributed by atoms with Gasteiger partial charge in [-0.3, -0.25) is 0 Å². The first kappa shape index (κ1) is 9.64. The fourth-order valence-corrected chi connectivity index (χ4v) is 3.16.